The minimum Gasteiger partial charge on any atom is -0.354 e. The molecule has 1 aliphatic rings. The van der Waals surface area contributed by atoms with Crippen molar-refractivity contribution < 1.29 is 4.79 Å². The molecule has 0 aliphatic heterocycles. The summed E-state index contributed by atoms with van der Waals surface area (Å²) in [6, 6.07) is -0.336. The molecule has 3 nitrogen and oxygen atoms in total. The summed E-state index contributed by atoms with van der Waals surface area (Å²) >= 11 is 1.73. The van der Waals surface area contributed by atoms with E-state index in [4.69, 9.17) is 5.73 Å². The number of carbonyl (C=O) groups is 1. The van der Waals surface area contributed by atoms with Gasteiger partial charge >= 0.3 is 0 Å². The Labute approximate surface area is 103 Å². The first-order valence-electron chi connectivity index (χ1n) is 6.10. The molecular weight excluding hydrogens is 220 g/mol. The first kappa shape index (κ1) is 13.8. The van der Waals surface area contributed by atoms with Crippen molar-refractivity contribution in [2.75, 3.05) is 18.6 Å². The molecule has 0 heterocycles. The van der Waals surface area contributed by atoms with Crippen LogP contribution in [0.15, 0.2) is 0 Å². The fourth-order valence-electron chi connectivity index (χ4n) is 2.21. The molecule has 0 aromatic rings. The van der Waals surface area contributed by atoms with E-state index >= 15 is 0 Å². The van der Waals surface area contributed by atoms with Gasteiger partial charge in [-0.15, -0.1) is 0 Å². The van der Waals surface area contributed by atoms with Gasteiger partial charge in [-0.3, -0.25) is 4.79 Å². The Balaban J connectivity index is 2.23. The summed E-state index contributed by atoms with van der Waals surface area (Å²) in [6.45, 7) is 3.05. The van der Waals surface area contributed by atoms with Gasteiger partial charge in [-0.25, -0.2) is 0 Å². The Hall–Kier alpha value is -0.220. The van der Waals surface area contributed by atoms with E-state index in [-0.39, 0.29) is 11.9 Å². The minimum absolute atomic E-state index is 0.0159. The summed E-state index contributed by atoms with van der Waals surface area (Å²) in [5.74, 6) is 0.966. The molecule has 4 heteroatoms. The van der Waals surface area contributed by atoms with E-state index in [1.807, 2.05) is 6.26 Å². The Morgan fingerprint density at radius 2 is 2.12 bits per heavy atom. The van der Waals surface area contributed by atoms with Crippen LogP contribution in [-0.2, 0) is 4.79 Å². The Bertz CT molecular complexity index is 227. The smallest absolute Gasteiger partial charge is 0.236 e. The largest absolute Gasteiger partial charge is 0.354 e. The van der Waals surface area contributed by atoms with Gasteiger partial charge in [-0.1, -0.05) is 19.8 Å². The maximum atomic E-state index is 11.7. The fraction of sp³-hybridized carbons (Fsp3) is 0.917. The molecular formula is C12H24N2OS. The van der Waals surface area contributed by atoms with Crippen LogP contribution in [0.5, 0.6) is 0 Å². The number of rotatable bonds is 6. The Kier molecular flexibility index (Phi) is 5.62. The lowest BCUT2D eigenvalue weighted by molar-refractivity contribution is -0.122. The van der Waals surface area contributed by atoms with Gasteiger partial charge in [0, 0.05) is 6.54 Å². The van der Waals surface area contributed by atoms with Crippen LogP contribution in [0.25, 0.3) is 0 Å². The van der Waals surface area contributed by atoms with Crippen molar-refractivity contribution in [3.05, 3.63) is 0 Å². The van der Waals surface area contributed by atoms with Crippen LogP contribution >= 0.6 is 11.8 Å². The van der Waals surface area contributed by atoms with Crippen LogP contribution in [-0.4, -0.2) is 30.5 Å². The zero-order chi connectivity index (χ0) is 12.0. The fourth-order valence-corrected chi connectivity index (χ4v) is 2.70. The molecule has 3 N–H and O–H groups in total. The van der Waals surface area contributed by atoms with Gasteiger partial charge in [0.05, 0.1) is 6.04 Å². The molecule has 0 aromatic heterocycles. The van der Waals surface area contributed by atoms with E-state index in [2.05, 4.69) is 12.2 Å². The van der Waals surface area contributed by atoms with Crippen molar-refractivity contribution in [1.82, 2.24) is 5.32 Å². The number of amides is 1. The van der Waals surface area contributed by atoms with Crippen LogP contribution < -0.4 is 11.1 Å². The monoisotopic (exact) mass is 244 g/mol. The lowest BCUT2D eigenvalue weighted by Gasteiger charge is -2.24. The number of thioether (sulfide) groups is 1. The molecule has 0 bridgehead atoms. The molecule has 1 amide bonds. The van der Waals surface area contributed by atoms with Gasteiger partial charge < -0.3 is 11.1 Å². The third-order valence-electron chi connectivity index (χ3n) is 3.47. The number of carbonyl (C=O) groups excluding carboxylic acids is 1. The average Bonchev–Trinajstić information content (AvgIpc) is 2.70. The summed E-state index contributed by atoms with van der Waals surface area (Å²) in [5.41, 5.74) is 6.12. The highest BCUT2D eigenvalue weighted by Gasteiger charge is 2.29. The van der Waals surface area contributed by atoms with Crippen molar-refractivity contribution in [2.45, 2.75) is 45.1 Å². The topological polar surface area (TPSA) is 55.1 Å². The van der Waals surface area contributed by atoms with Gasteiger partial charge in [-0.05, 0) is 36.7 Å². The number of nitrogens with one attached hydrogen (secondary N) is 1. The second-order valence-electron chi connectivity index (χ2n) is 5.12. The molecule has 0 unspecified atom stereocenters. The lowest BCUT2D eigenvalue weighted by Crippen LogP contribution is -2.44. The van der Waals surface area contributed by atoms with E-state index in [0.717, 1.165) is 18.7 Å². The number of hydrogen-bond acceptors (Lipinski definition) is 3. The van der Waals surface area contributed by atoms with Gasteiger partial charge in [-0.2, -0.15) is 11.8 Å². The molecule has 1 fully saturated rings. The van der Waals surface area contributed by atoms with Crippen molar-refractivity contribution in [2.24, 2.45) is 11.1 Å². The van der Waals surface area contributed by atoms with Crippen molar-refractivity contribution in [3.63, 3.8) is 0 Å². The molecule has 0 aromatic carbocycles. The highest BCUT2D eigenvalue weighted by molar-refractivity contribution is 7.98. The summed E-state index contributed by atoms with van der Waals surface area (Å²) < 4.78 is 0. The van der Waals surface area contributed by atoms with Gasteiger partial charge in [0.2, 0.25) is 5.91 Å². The Morgan fingerprint density at radius 1 is 1.50 bits per heavy atom. The molecule has 94 valence electrons. The first-order valence-corrected chi connectivity index (χ1v) is 7.49. The second-order valence-corrected chi connectivity index (χ2v) is 6.11. The Morgan fingerprint density at radius 3 is 2.69 bits per heavy atom. The summed E-state index contributed by atoms with van der Waals surface area (Å²) in [6.07, 6.45) is 7.85. The molecule has 1 rings (SSSR count). The molecule has 1 saturated carbocycles. The molecule has 0 spiro atoms. The van der Waals surface area contributed by atoms with Gasteiger partial charge in [0.1, 0.15) is 0 Å². The van der Waals surface area contributed by atoms with Crippen LogP contribution in [0.1, 0.15) is 39.0 Å². The second kappa shape index (κ2) is 6.50. The minimum atomic E-state index is -0.336. The predicted molar refractivity (Wildman–Crippen MR) is 70.6 cm³/mol. The third kappa shape index (κ3) is 4.34. The summed E-state index contributed by atoms with van der Waals surface area (Å²) in [5, 5.41) is 3.00. The zero-order valence-corrected chi connectivity index (χ0v) is 11.2. The van der Waals surface area contributed by atoms with Crippen LogP contribution in [0.2, 0.25) is 0 Å². The highest BCUT2D eigenvalue weighted by Crippen LogP contribution is 2.36. The summed E-state index contributed by atoms with van der Waals surface area (Å²) in [7, 11) is 0. The van der Waals surface area contributed by atoms with E-state index in [1.165, 1.54) is 25.7 Å². The zero-order valence-electron chi connectivity index (χ0n) is 10.4. The third-order valence-corrected chi connectivity index (χ3v) is 4.11. The maximum absolute atomic E-state index is 11.7. The molecule has 0 radical (unpaired) electrons. The number of hydrogen-bond donors (Lipinski definition) is 2. The number of nitrogens with two attached hydrogens (primary N) is 1. The standard InChI is InChI=1S/C12H24N2OS/c1-12(6-3-4-7-12)9-14-11(15)10(13)5-8-16-2/h10H,3-9,13H2,1-2H3,(H,14,15)/t10-/m0/s1. The molecule has 16 heavy (non-hydrogen) atoms. The van der Waals surface area contributed by atoms with Crippen molar-refractivity contribution >= 4 is 17.7 Å². The van der Waals surface area contributed by atoms with Crippen molar-refractivity contribution in [3.8, 4) is 0 Å². The van der Waals surface area contributed by atoms with E-state index < -0.39 is 0 Å². The quantitative estimate of drug-likeness (QED) is 0.748. The lowest BCUT2D eigenvalue weighted by atomic mass is 9.89. The summed E-state index contributed by atoms with van der Waals surface area (Å²) in [4.78, 5) is 11.7. The van der Waals surface area contributed by atoms with Gasteiger partial charge in [0.25, 0.3) is 0 Å². The predicted octanol–water partition coefficient (Wildman–Crippen LogP) is 1.76. The highest BCUT2D eigenvalue weighted by atomic mass is 32.2. The van der Waals surface area contributed by atoms with Crippen LogP contribution in [0.4, 0.5) is 0 Å². The van der Waals surface area contributed by atoms with E-state index in [9.17, 15) is 4.79 Å². The maximum Gasteiger partial charge on any atom is 0.236 e. The van der Waals surface area contributed by atoms with Gasteiger partial charge in [0.15, 0.2) is 0 Å². The average molecular weight is 244 g/mol. The van der Waals surface area contributed by atoms with E-state index in [0.29, 0.717) is 5.41 Å². The van der Waals surface area contributed by atoms with Crippen LogP contribution in [0, 0.1) is 5.41 Å². The molecule has 1 aliphatic carbocycles. The SMILES string of the molecule is CSCC[C@H](N)C(=O)NCC1(C)CCCC1. The van der Waals surface area contributed by atoms with E-state index in [1.54, 1.807) is 11.8 Å². The first-order chi connectivity index (χ1) is 7.57. The normalized spacial score (nSPS) is 20.7. The molecule has 0 saturated heterocycles. The van der Waals surface area contributed by atoms with Crippen LogP contribution in [0.3, 0.4) is 0 Å². The molecule has 1 atom stereocenters. The van der Waals surface area contributed by atoms with Crippen molar-refractivity contribution in [1.29, 1.82) is 0 Å².